The van der Waals surface area contributed by atoms with E-state index in [-0.39, 0.29) is 5.91 Å². The van der Waals surface area contributed by atoms with Crippen LogP contribution in [0.25, 0.3) is 0 Å². The van der Waals surface area contributed by atoms with Crippen LogP contribution < -0.4 is 5.32 Å². The Morgan fingerprint density at radius 2 is 1.83 bits per heavy atom. The van der Waals surface area contributed by atoms with E-state index in [1.54, 1.807) is 12.1 Å². The molecule has 0 saturated carbocycles. The van der Waals surface area contributed by atoms with Gasteiger partial charge in [0, 0.05) is 5.56 Å². The van der Waals surface area contributed by atoms with Crippen molar-refractivity contribution in [2.24, 2.45) is 0 Å². The molecule has 18 heavy (non-hydrogen) atoms. The fourth-order valence-electron chi connectivity index (χ4n) is 1.68. The van der Waals surface area contributed by atoms with Crippen LogP contribution in [-0.4, -0.2) is 23.0 Å². The van der Waals surface area contributed by atoms with E-state index in [2.05, 4.69) is 5.32 Å². The zero-order valence-electron chi connectivity index (χ0n) is 10.8. The molecule has 0 saturated heterocycles. The van der Waals surface area contributed by atoms with Crippen LogP contribution in [0.5, 0.6) is 0 Å². The molecule has 4 heteroatoms. The van der Waals surface area contributed by atoms with Crippen LogP contribution in [0.1, 0.15) is 42.6 Å². The third-order valence-corrected chi connectivity index (χ3v) is 2.81. The quantitative estimate of drug-likeness (QED) is 0.812. The van der Waals surface area contributed by atoms with Gasteiger partial charge in [0.2, 0.25) is 0 Å². The summed E-state index contributed by atoms with van der Waals surface area (Å²) in [5.41, 5.74) is 1.64. The first kappa shape index (κ1) is 14.2. The first-order valence-electron chi connectivity index (χ1n) is 6.21. The number of hydrogen-bond acceptors (Lipinski definition) is 2. The lowest BCUT2D eigenvalue weighted by Crippen LogP contribution is -2.40. The molecule has 1 aromatic rings. The Balaban J connectivity index is 2.70. The second kappa shape index (κ2) is 6.79. The molecule has 0 aliphatic heterocycles. The van der Waals surface area contributed by atoms with Gasteiger partial charge in [-0.15, -0.1) is 0 Å². The Bertz CT molecular complexity index is 412. The molecule has 4 nitrogen and oxygen atoms in total. The first-order chi connectivity index (χ1) is 8.58. The highest BCUT2D eigenvalue weighted by atomic mass is 16.4. The highest BCUT2D eigenvalue weighted by molar-refractivity contribution is 5.96. The van der Waals surface area contributed by atoms with Crippen molar-refractivity contribution in [3.63, 3.8) is 0 Å². The van der Waals surface area contributed by atoms with E-state index in [1.165, 1.54) is 0 Å². The van der Waals surface area contributed by atoms with Gasteiger partial charge in [0.05, 0.1) is 0 Å². The third kappa shape index (κ3) is 3.87. The molecule has 0 heterocycles. The molecule has 1 amide bonds. The van der Waals surface area contributed by atoms with Crippen molar-refractivity contribution in [2.45, 2.75) is 39.2 Å². The number of rotatable bonds is 6. The Morgan fingerprint density at radius 1 is 1.22 bits per heavy atom. The van der Waals surface area contributed by atoms with E-state index in [4.69, 9.17) is 5.11 Å². The molecule has 1 rings (SSSR count). The highest BCUT2D eigenvalue weighted by Crippen LogP contribution is 2.06. The molecule has 0 spiro atoms. The van der Waals surface area contributed by atoms with Gasteiger partial charge < -0.3 is 10.4 Å². The minimum absolute atomic E-state index is 0.335. The number of benzene rings is 1. The van der Waals surface area contributed by atoms with Gasteiger partial charge in [-0.2, -0.15) is 0 Å². The molecule has 0 fully saturated rings. The fraction of sp³-hybridized carbons (Fsp3) is 0.429. The first-order valence-corrected chi connectivity index (χ1v) is 6.21. The maximum Gasteiger partial charge on any atom is 0.326 e. The number of carboxylic acid groups (broad SMARTS) is 1. The second-order valence-corrected chi connectivity index (χ2v) is 4.20. The highest BCUT2D eigenvalue weighted by Gasteiger charge is 2.19. The van der Waals surface area contributed by atoms with Gasteiger partial charge in [-0.25, -0.2) is 4.79 Å². The zero-order chi connectivity index (χ0) is 13.5. The topological polar surface area (TPSA) is 66.4 Å². The second-order valence-electron chi connectivity index (χ2n) is 4.20. The molecule has 0 aliphatic rings. The standard InChI is InChI=1S/C14H19NO3/c1-3-5-12(14(17)18)15-13(16)11-8-6-10(4-2)7-9-11/h6-9,12H,3-5H2,1-2H3,(H,15,16)(H,17,18). The van der Waals surface area contributed by atoms with Crippen LogP contribution >= 0.6 is 0 Å². The summed E-state index contributed by atoms with van der Waals surface area (Å²) in [6, 6.07) is 6.39. The van der Waals surface area contributed by atoms with Crippen molar-refractivity contribution in [1.82, 2.24) is 5.32 Å². The fourth-order valence-corrected chi connectivity index (χ4v) is 1.68. The molecule has 1 atom stereocenters. The monoisotopic (exact) mass is 249 g/mol. The Morgan fingerprint density at radius 3 is 2.28 bits per heavy atom. The molecule has 1 unspecified atom stereocenters. The molecule has 0 aromatic heterocycles. The zero-order valence-corrected chi connectivity index (χ0v) is 10.8. The molecule has 2 N–H and O–H groups in total. The number of aliphatic carboxylic acids is 1. The maximum atomic E-state index is 11.9. The summed E-state index contributed by atoms with van der Waals surface area (Å²) in [4.78, 5) is 22.8. The third-order valence-electron chi connectivity index (χ3n) is 2.81. The summed E-state index contributed by atoms with van der Waals surface area (Å²) >= 11 is 0. The van der Waals surface area contributed by atoms with Crippen LogP contribution in [0.4, 0.5) is 0 Å². The SMILES string of the molecule is CCCC(NC(=O)c1ccc(CC)cc1)C(=O)O. The van der Waals surface area contributed by atoms with Crippen LogP contribution in [0.2, 0.25) is 0 Å². The maximum absolute atomic E-state index is 11.9. The normalized spacial score (nSPS) is 11.9. The molecular formula is C14H19NO3. The summed E-state index contributed by atoms with van der Waals surface area (Å²) in [5.74, 6) is -1.33. The number of aryl methyl sites for hydroxylation is 1. The van der Waals surface area contributed by atoms with E-state index in [0.717, 1.165) is 12.0 Å². The summed E-state index contributed by atoms with van der Waals surface area (Å²) in [6.45, 7) is 3.93. The summed E-state index contributed by atoms with van der Waals surface area (Å²) < 4.78 is 0. The average Bonchev–Trinajstić information content (AvgIpc) is 2.38. The van der Waals surface area contributed by atoms with Crippen molar-refractivity contribution in [3.8, 4) is 0 Å². The van der Waals surface area contributed by atoms with Crippen LogP contribution in [0.3, 0.4) is 0 Å². The van der Waals surface area contributed by atoms with Crippen molar-refractivity contribution >= 4 is 11.9 Å². The van der Waals surface area contributed by atoms with Crippen molar-refractivity contribution in [3.05, 3.63) is 35.4 Å². The Labute approximate surface area is 107 Å². The molecule has 0 radical (unpaired) electrons. The number of carbonyl (C=O) groups excluding carboxylic acids is 1. The predicted octanol–water partition coefficient (Wildman–Crippen LogP) is 2.23. The minimum Gasteiger partial charge on any atom is -0.480 e. The molecule has 1 aromatic carbocycles. The number of carboxylic acids is 1. The van der Waals surface area contributed by atoms with Gasteiger partial charge in [0.15, 0.2) is 0 Å². The van der Waals surface area contributed by atoms with E-state index in [1.807, 2.05) is 26.0 Å². The molecular weight excluding hydrogens is 230 g/mol. The van der Waals surface area contributed by atoms with Gasteiger partial charge in [0.25, 0.3) is 5.91 Å². The summed E-state index contributed by atoms with van der Waals surface area (Å²) in [6.07, 6.45) is 2.07. The number of hydrogen-bond donors (Lipinski definition) is 2. The van der Waals surface area contributed by atoms with Gasteiger partial charge in [-0.1, -0.05) is 32.4 Å². The lowest BCUT2D eigenvalue weighted by Gasteiger charge is -2.13. The van der Waals surface area contributed by atoms with Crippen LogP contribution in [-0.2, 0) is 11.2 Å². The van der Waals surface area contributed by atoms with Gasteiger partial charge in [-0.05, 0) is 30.5 Å². The lowest BCUT2D eigenvalue weighted by atomic mass is 10.1. The van der Waals surface area contributed by atoms with E-state index >= 15 is 0 Å². The number of nitrogens with one attached hydrogen (secondary N) is 1. The van der Waals surface area contributed by atoms with Crippen molar-refractivity contribution < 1.29 is 14.7 Å². The Hall–Kier alpha value is -1.84. The predicted molar refractivity (Wildman–Crippen MR) is 69.6 cm³/mol. The number of amides is 1. The van der Waals surface area contributed by atoms with E-state index in [9.17, 15) is 9.59 Å². The van der Waals surface area contributed by atoms with Gasteiger partial charge in [-0.3, -0.25) is 4.79 Å². The molecule has 98 valence electrons. The van der Waals surface area contributed by atoms with E-state index < -0.39 is 12.0 Å². The van der Waals surface area contributed by atoms with E-state index in [0.29, 0.717) is 18.4 Å². The summed E-state index contributed by atoms with van der Waals surface area (Å²) in [7, 11) is 0. The number of carbonyl (C=O) groups is 2. The smallest absolute Gasteiger partial charge is 0.326 e. The summed E-state index contributed by atoms with van der Waals surface area (Å²) in [5, 5.41) is 11.5. The van der Waals surface area contributed by atoms with Gasteiger partial charge in [0.1, 0.15) is 6.04 Å². The van der Waals surface area contributed by atoms with Crippen molar-refractivity contribution in [1.29, 1.82) is 0 Å². The largest absolute Gasteiger partial charge is 0.480 e. The average molecular weight is 249 g/mol. The van der Waals surface area contributed by atoms with Gasteiger partial charge >= 0.3 is 5.97 Å². The minimum atomic E-state index is -0.990. The van der Waals surface area contributed by atoms with Crippen molar-refractivity contribution in [2.75, 3.05) is 0 Å². The van der Waals surface area contributed by atoms with Crippen LogP contribution in [0, 0.1) is 0 Å². The van der Waals surface area contributed by atoms with Crippen LogP contribution in [0.15, 0.2) is 24.3 Å². The molecule has 0 bridgehead atoms. The lowest BCUT2D eigenvalue weighted by molar-refractivity contribution is -0.139. The molecule has 0 aliphatic carbocycles. The Kier molecular flexibility index (Phi) is 5.36.